The average Bonchev–Trinajstić information content (AvgIpc) is 2.98. The van der Waals surface area contributed by atoms with Crippen molar-refractivity contribution in [2.24, 2.45) is 0 Å². The molecule has 9 heteroatoms. The summed E-state index contributed by atoms with van der Waals surface area (Å²) in [5, 5.41) is 16.3. The molecule has 0 saturated heterocycles. The van der Waals surface area contributed by atoms with E-state index in [4.69, 9.17) is 14.2 Å². The van der Waals surface area contributed by atoms with Crippen LogP contribution in [0.3, 0.4) is 0 Å². The van der Waals surface area contributed by atoms with E-state index in [0.717, 1.165) is 11.8 Å². The highest BCUT2D eigenvalue weighted by Crippen LogP contribution is 2.39. The van der Waals surface area contributed by atoms with Crippen LogP contribution in [0.25, 0.3) is 6.08 Å². The second-order valence-electron chi connectivity index (χ2n) is 4.58. The standard InChI is InChI=1S/C15H17N3O5S/c1-8-16-15(18-17-8)24-12(14(19)20)7-9-5-10(21-2)13(23-4)11(6-9)22-3/h5-7H,1-4H3,(H,19,20)(H,16,17,18)/b12-7+. The molecular formula is C15H17N3O5S. The summed E-state index contributed by atoms with van der Waals surface area (Å²) < 4.78 is 15.8. The Morgan fingerprint density at radius 3 is 2.25 bits per heavy atom. The Hall–Kier alpha value is -2.68. The summed E-state index contributed by atoms with van der Waals surface area (Å²) in [5.74, 6) is 0.829. The third kappa shape index (κ3) is 3.99. The van der Waals surface area contributed by atoms with Crippen LogP contribution >= 0.6 is 11.8 Å². The molecular weight excluding hydrogens is 334 g/mol. The van der Waals surface area contributed by atoms with Gasteiger partial charge in [-0.1, -0.05) is 0 Å². The lowest BCUT2D eigenvalue weighted by molar-refractivity contribution is -0.131. The molecule has 0 aliphatic rings. The second-order valence-corrected chi connectivity index (χ2v) is 5.59. The fourth-order valence-corrected chi connectivity index (χ4v) is 2.69. The molecule has 1 aromatic carbocycles. The van der Waals surface area contributed by atoms with Gasteiger partial charge in [-0.15, -0.1) is 5.10 Å². The number of thioether (sulfide) groups is 1. The van der Waals surface area contributed by atoms with Crippen molar-refractivity contribution in [3.8, 4) is 17.2 Å². The number of aliphatic carboxylic acids is 1. The summed E-state index contributed by atoms with van der Waals surface area (Å²) >= 11 is 0.945. The maximum absolute atomic E-state index is 11.5. The number of carbonyl (C=O) groups is 1. The SMILES string of the molecule is COc1cc(/C=C(/Sc2n[nH]c(C)n2)C(=O)O)cc(OC)c1OC. The van der Waals surface area contributed by atoms with Crippen molar-refractivity contribution < 1.29 is 24.1 Å². The number of hydrogen-bond donors (Lipinski definition) is 2. The van der Waals surface area contributed by atoms with Crippen molar-refractivity contribution in [3.63, 3.8) is 0 Å². The molecule has 8 nitrogen and oxygen atoms in total. The first-order valence-electron chi connectivity index (χ1n) is 6.80. The van der Waals surface area contributed by atoms with Gasteiger partial charge in [-0.2, -0.15) is 0 Å². The van der Waals surface area contributed by atoms with Gasteiger partial charge in [0.2, 0.25) is 10.9 Å². The topological polar surface area (TPSA) is 107 Å². The fourth-order valence-electron chi connectivity index (χ4n) is 1.94. The van der Waals surface area contributed by atoms with Crippen molar-refractivity contribution >= 4 is 23.8 Å². The first-order valence-corrected chi connectivity index (χ1v) is 7.62. The van der Waals surface area contributed by atoms with Crippen LogP contribution in [0.1, 0.15) is 11.4 Å². The first-order chi connectivity index (χ1) is 11.5. The summed E-state index contributed by atoms with van der Waals surface area (Å²) in [6.07, 6.45) is 1.49. The molecule has 2 rings (SSSR count). The molecule has 0 amide bonds. The van der Waals surface area contributed by atoms with Crippen LogP contribution in [0.4, 0.5) is 0 Å². The number of nitrogens with one attached hydrogen (secondary N) is 1. The van der Waals surface area contributed by atoms with Gasteiger partial charge >= 0.3 is 5.97 Å². The molecule has 0 aliphatic carbocycles. The molecule has 2 N–H and O–H groups in total. The predicted octanol–water partition coefficient (Wildman–Crippen LogP) is 2.36. The molecule has 0 spiro atoms. The van der Waals surface area contributed by atoms with Gasteiger partial charge in [0.05, 0.1) is 21.3 Å². The zero-order valence-corrected chi connectivity index (χ0v) is 14.4. The van der Waals surface area contributed by atoms with E-state index in [1.807, 2.05) is 0 Å². The number of aryl methyl sites for hydroxylation is 1. The van der Waals surface area contributed by atoms with Crippen LogP contribution in [0.5, 0.6) is 17.2 Å². The highest BCUT2D eigenvalue weighted by Gasteiger charge is 2.16. The minimum absolute atomic E-state index is 0.0586. The van der Waals surface area contributed by atoms with Gasteiger partial charge < -0.3 is 19.3 Å². The van der Waals surface area contributed by atoms with Crippen LogP contribution in [0.2, 0.25) is 0 Å². The Balaban J connectivity index is 2.43. The van der Waals surface area contributed by atoms with Gasteiger partial charge in [-0.3, -0.25) is 5.10 Å². The van der Waals surface area contributed by atoms with Crippen LogP contribution in [-0.2, 0) is 4.79 Å². The molecule has 0 bridgehead atoms. The smallest absolute Gasteiger partial charge is 0.342 e. The Bertz CT molecular complexity index is 747. The molecule has 0 unspecified atom stereocenters. The largest absolute Gasteiger partial charge is 0.493 e. The zero-order chi connectivity index (χ0) is 17.7. The van der Waals surface area contributed by atoms with Gasteiger partial charge in [-0.05, 0) is 42.5 Å². The van der Waals surface area contributed by atoms with E-state index < -0.39 is 5.97 Å². The van der Waals surface area contributed by atoms with Crippen LogP contribution in [0, 0.1) is 6.92 Å². The minimum atomic E-state index is -1.09. The number of aromatic amines is 1. The van der Waals surface area contributed by atoms with E-state index in [2.05, 4.69) is 15.2 Å². The maximum Gasteiger partial charge on any atom is 0.342 e. The van der Waals surface area contributed by atoms with Crippen molar-refractivity contribution in [1.82, 2.24) is 15.2 Å². The minimum Gasteiger partial charge on any atom is -0.493 e. The first kappa shape index (κ1) is 17.7. The molecule has 0 fully saturated rings. The molecule has 0 atom stereocenters. The van der Waals surface area contributed by atoms with Gasteiger partial charge in [0.1, 0.15) is 10.7 Å². The number of carboxylic acid groups (broad SMARTS) is 1. The highest BCUT2D eigenvalue weighted by molar-refractivity contribution is 8.04. The number of aromatic nitrogens is 3. The Morgan fingerprint density at radius 1 is 1.21 bits per heavy atom. The van der Waals surface area contributed by atoms with E-state index >= 15 is 0 Å². The van der Waals surface area contributed by atoms with Crippen molar-refractivity contribution in [1.29, 1.82) is 0 Å². The number of methoxy groups -OCH3 is 3. The van der Waals surface area contributed by atoms with Crippen LogP contribution in [0.15, 0.2) is 22.2 Å². The number of ether oxygens (including phenoxy) is 3. The van der Waals surface area contributed by atoms with Crippen molar-refractivity contribution in [2.45, 2.75) is 12.1 Å². The monoisotopic (exact) mass is 351 g/mol. The molecule has 0 aliphatic heterocycles. The lowest BCUT2D eigenvalue weighted by Gasteiger charge is -2.13. The Labute approximate surface area is 142 Å². The molecule has 0 saturated carbocycles. The summed E-state index contributed by atoms with van der Waals surface area (Å²) in [7, 11) is 4.49. The van der Waals surface area contributed by atoms with Gasteiger partial charge in [0.25, 0.3) is 0 Å². The third-order valence-electron chi connectivity index (χ3n) is 2.97. The van der Waals surface area contributed by atoms with Crippen LogP contribution in [-0.4, -0.2) is 47.6 Å². The molecule has 0 radical (unpaired) electrons. The predicted molar refractivity (Wildman–Crippen MR) is 88.7 cm³/mol. The van der Waals surface area contributed by atoms with Crippen molar-refractivity contribution in [2.75, 3.05) is 21.3 Å². The number of H-pyrrole nitrogens is 1. The van der Waals surface area contributed by atoms with E-state index in [0.29, 0.717) is 33.8 Å². The number of carboxylic acids is 1. The molecule has 128 valence electrons. The molecule has 24 heavy (non-hydrogen) atoms. The highest BCUT2D eigenvalue weighted by atomic mass is 32.2. The van der Waals surface area contributed by atoms with E-state index in [1.54, 1.807) is 19.1 Å². The van der Waals surface area contributed by atoms with Crippen LogP contribution < -0.4 is 14.2 Å². The van der Waals surface area contributed by atoms with Crippen molar-refractivity contribution in [3.05, 3.63) is 28.4 Å². The molecule has 2 aromatic rings. The average molecular weight is 351 g/mol. The summed E-state index contributed by atoms with van der Waals surface area (Å²) in [6.45, 7) is 1.74. The fraction of sp³-hybridized carbons (Fsp3) is 0.267. The van der Waals surface area contributed by atoms with Gasteiger partial charge in [-0.25, -0.2) is 9.78 Å². The maximum atomic E-state index is 11.5. The number of hydrogen-bond acceptors (Lipinski definition) is 7. The van der Waals surface area contributed by atoms with E-state index in [-0.39, 0.29) is 4.91 Å². The quantitative estimate of drug-likeness (QED) is 0.578. The van der Waals surface area contributed by atoms with Gasteiger partial charge in [0, 0.05) is 0 Å². The lowest BCUT2D eigenvalue weighted by atomic mass is 10.1. The second kappa shape index (κ2) is 7.73. The van der Waals surface area contributed by atoms with Gasteiger partial charge in [0.15, 0.2) is 11.5 Å². The molecule has 1 heterocycles. The number of rotatable bonds is 7. The summed E-state index contributed by atoms with van der Waals surface area (Å²) in [4.78, 5) is 15.7. The molecule has 1 aromatic heterocycles. The third-order valence-corrected chi connectivity index (χ3v) is 3.85. The number of benzene rings is 1. The van der Waals surface area contributed by atoms with E-state index in [1.165, 1.54) is 27.4 Å². The Kier molecular flexibility index (Phi) is 5.69. The van der Waals surface area contributed by atoms with E-state index in [9.17, 15) is 9.90 Å². The zero-order valence-electron chi connectivity index (χ0n) is 13.6. The lowest BCUT2D eigenvalue weighted by Crippen LogP contribution is -1.99. The summed E-state index contributed by atoms with van der Waals surface area (Å²) in [5.41, 5.74) is 0.585. The number of nitrogens with zero attached hydrogens (tertiary/aromatic N) is 2. The summed E-state index contributed by atoms with van der Waals surface area (Å²) in [6, 6.07) is 3.32. The normalized spacial score (nSPS) is 11.2. The Morgan fingerprint density at radius 2 is 1.83 bits per heavy atom.